The molecule has 8 heteroatoms. The zero-order valence-electron chi connectivity index (χ0n) is 13.5. The van der Waals surface area contributed by atoms with Crippen LogP contribution in [0.1, 0.15) is 11.7 Å². The average Bonchev–Trinajstić information content (AvgIpc) is 2.62. The maximum absolute atomic E-state index is 13.1. The van der Waals surface area contributed by atoms with Gasteiger partial charge in [0.25, 0.3) is 0 Å². The number of hydrogen-bond acceptors (Lipinski definition) is 4. The lowest BCUT2D eigenvalue weighted by molar-refractivity contribution is -0.00262. The van der Waals surface area contributed by atoms with Crippen LogP contribution in [-0.4, -0.2) is 39.5 Å². The lowest BCUT2D eigenvalue weighted by Crippen LogP contribution is -2.42. The molecular formula is C17H17ClFNO4S. The smallest absolute Gasteiger partial charge is 0.246 e. The third kappa shape index (κ3) is 3.79. The molecule has 2 aromatic carbocycles. The Hall–Kier alpha value is -1.67. The second-order valence-electron chi connectivity index (χ2n) is 5.57. The highest BCUT2D eigenvalue weighted by Gasteiger charge is 2.33. The molecule has 0 spiro atoms. The number of rotatable bonds is 4. The average molecular weight is 386 g/mol. The molecule has 25 heavy (non-hydrogen) atoms. The van der Waals surface area contributed by atoms with E-state index in [4.69, 9.17) is 21.1 Å². The number of benzene rings is 2. The van der Waals surface area contributed by atoms with Gasteiger partial charge in [0.1, 0.15) is 16.5 Å². The molecule has 0 bridgehead atoms. The Bertz CT molecular complexity index is 857. The Morgan fingerprint density at radius 1 is 1.24 bits per heavy atom. The van der Waals surface area contributed by atoms with Gasteiger partial charge in [-0.05, 0) is 35.9 Å². The molecule has 0 aromatic heterocycles. The summed E-state index contributed by atoms with van der Waals surface area (Å²) in [6, 6.07) is 10.3. The molecule has 1 atom stereocenters. The van der Waals surface area contributed by atoms with E-state index in [1.807, 2.05) is 0 Å². The van der Waals surface area contributed by atoms with Crippen molar-refractivity contribution in [1.82, 2.24) is 4.31 Å². The van der Waals surface area contributed by atoms with Gasteiger partial charge in [0.15, 0.2) is 0 Å². The van der Waals surface area contributed by atoms with Gasteiger partial charge in [0.2, 0.25) is 10.0 Å². The van der Waals surface area contributed by atoms with Crippen LogP contribution < -0.4 is 4.74 Å². The monoisotopic (exact) mass is 385 g/mol. The standard InChI is InChI=1S/C17H17ClFNO4S/c1-23-15-7-4-13(18)10-17(15)25(21,22)20-8-9-24-16(11-20)12-2-5-14(19)6-3-12/h2-7,10,16H,8-9,11H2,1H3. The Kier molecular flexibility index (Phi) is 5.29. The van der Waals surface area contributed by atoms with Crippen LogP contribution in [0, 0.1) is 5.82 Å². The highest BCUT2D eigenvalue weighted by Crippen LogP contribution is 2.32. The number of halogens is 2. The summed E-state index contributed by atoms with van der Waals surface area (Å²) in [5, 5.41) is 0.308. The van der Waals surface area contributed by atoms with E-state index < -0.39 is 16.1 Å². The zero-order chi connectivity index (χ0) is 18.0. The van der Waals surface area contributed by atoms with Crippen LogP contribution >= 0.6 is 11.6 Å². The van der Waals surface area contributed by atoms with Crippen LogP contribution in [0.2, 0.25) is 5.02 Å². The Morgan fingerprint density at radius 2 is 1.96 bits per heavy atom. The van der Waals surface area contributed by atoms with Gasteiger partial charge in [-0.2, -0.15) is 4.31 Å². The minimum atomic E-state index is -3.81. The van der Waals surface area contributed by atoms with Crippen LogP contribution in [0.5, 0.6) is 5.75 Å². The molecule has 0 radical (unpaired) electrons. The number of hydrogen-bond donors (Lipinski definition) is 0. The first-order chi connectivity index (χ1) is 11.9. The molecule has 0 amide bonds. The topological polar surface area (TPSA) is 55.8 Å². The van der Waals surface area contributed by atoms with Gasteiger partial charge in [0, 0.05) is 18.1 Å². The maximum Gasteiger partial charge on any atom is 0.246 e. The first kappa shape index (κ1) is 18.1. The number of sulfonamides is 1. The molecule has 1 fully saturated rings. The van der Waals surface area contributed by atoms with Crippen molar-refractivity contribution in [1.29, 1.82) is 0 Å². The lowest BCUT2D eigenvalue weighted by Gasteiger charge is -2.32. The summed E-state index contributed by atoms with van der Waals surface area (Å²) < 4.78 is 51.3. The summed E-state index contributed by atoms with van der Waals surface area (Å²) in [7, 11) is -2.40. The first-order valence-electron chi connectivity index (χ1n) is 7.62. The Labute approximate surface area is 151 Å². The Morgan fingerprint density at radius 3 is 2.64 bits per heavy atom. The molecule has 134 valence electrons. The molecule has 0 aliphatic carbocycles. The van der Waals surface area contributed by atoms with Gasteiger partial charge in [0.05, 0.1) is 19.8 Å². The quantitative estimate of drug-likeness (QED) is 0.810. The molecule has 1 aliphatic heterocycles. The van der Waals surface area contributed by atoms with Crippen molar-refractivity contribution in [3.8, 4) is 5.75 Å². The van der Waals surface area contributed by atoms with E-state index in [0.29, 0.717) is 5.02 Å². The van der Waals surface area contributed by atoms with Crippen LogP contribution in [0.4, 0.5) is 4.39 Å². The van der Waals surface area contributed by atoms with E-state index in [1.54, 1.807) is 18.2 Å². The number of methoxy groups -OCH3 is 1. The van der Waals surface area contributed by atoms with Crippen LogP contribution in [0.3, 0.4) is 0 Å². The van der Waals surface area contributed by atoms with Gasteiger partial charge in [-0.15, -0.1) is 0 Å². The fourth-order valence-electron chi connectivity index (χ4n) is 2.71. The largest absolute Gasteiger partial charge is 0.495 e. The molecule has 2 aromatic rings. The second-order valence-corrected chi connectivity index (χ2v) is 7.91. The van der Waals surface area contributed by atoms with Gasteiger partial charge >= 0.3 is 0 Å². The van der Waals surface area contributed by atoms with Gasteiger partial charge in [-0.3, -0.25) is 0 Å². The third-order valence-corrected chi connectivity index (χ3v) is 6.14. The van der Waals surface area contributed by atoms with Crippen molar-refractivity contribution in [3.63, 3.8) is 0 Å². The van der Waals surface area contributed by atoms with Gasteiger partial charge in [-0.1, -0.05) is 23.7 Å². The number of morpholine rings is 1. The van der Waals surface area contributed by atoms with Crippen molar-refractivity contribution in [2.75, 3.05) is 26.8 Å². The molecule has 1 unspecified atom stereocenters. The van der Waals surface area contributed by atoms with Crippen molar-refractivity contribution in [2.24, 2.45) is 0 Å². The van der Waals surface area contributed by atoms with E-state index in [9.17, 15) is 12.8 Å². The summed E-state index contributed by atoms with van der Waals surface area (Å²) in [4.78, 5) is 0.0160. The summed E-state index contributed by atoms with van der Waals surface area (Å²) >= 11 is 5.96. The maximum atomic E-state index is 13.1. The Balaban J connectivity index is 1.90. The van der Waals surface area contributed by atoms with Crippen molar-refractivity contribution >= 4 is 21.6 Å². The molecule has 3 rings (SSSR count). The number of ether oxygens (including phenoxy) is 2. The van der Waals surface area contributed by atoms with Crippen molar-refractivity contribution in [3.05, 3.63) is 58.9 Å². The van der Waals surface area contributed by atoms with Gasteiger partial charge in [-0.25, -0.2) is 12.8 Å². The summed E-state index contributed by atoms with van der Waals surface area (Å²) in [5.74, 6) is -0.123. The molecule has 0 saturated carbocycles. The number of nitrogens with zero attached hydrogens (tertiary/aromatic N) is 1. The van der Waals surface area contributed by atoms with Gasteiger partial charge < -0.3 is 9.47 Å². The minimum absolute atomic E-state index is 0.0160. The summed E-state index contributed by atoms with van der Waals surface area (Å²) in [6.07, 6.45) is -0.464. The highest BCUT2D eigenvalue weighted by atomic mass is 35.5. The van der Waals surface area contributed by atoms with E-state index in [2.05, 4.69) is 0 Å². The molecule has 1 saturated heterocycles. The molecule has 1 heterocycles. The molecule has 0 N–H and O–H groups in total. The molecule has 5 nitrogen and oxygen atoms in total. The fraction of sp³-hybridized carbons (Fsp3) is 0.294. The van der Waals surface area contributed by atoms with E-state index in [-0.39, 0.29) is 36.2 Å². The summed E-state index contributed by atoms with van der Waals surface area (Å²) in [6.45, 7) is 0.587. The normalized spacial score (nSPS) is 18.9. The predicted octanol–water partition coefficient (Wildman–Crippen LogP) is 3.25. The molecule has 1 aliphatic rings. The third-order valence-electron chi connectivity index (χ3n) is 4.01. The van der Waals surface area contributed by atoms with E-state index >= 15 is 0 Å². The van der Waals surface area contributed by atoms with Crippen molar-refractivity contribution < 1.29 is 22.3 Å². The zero-order valence-corrected chi connectivity index (χ0v) is 15.1. The van der Waals surface area contributed by atoms with E-state index in [0.717, 1.165) is 5.56 Å². The molecular weight excluding hydrogens is 369 g/mol. The highest BCUT2D eigenvalue weighted by molar-refractivity contribution is 7.89. The summed E-state index contributed by atoms with van der Waals surface area (Å²) in [5.41, 5.74) is 0.722. The van der Waals surface area contributed by atoms with Crippen molar-refractivity contribution in [2.45, 2.75) is 11.0 Å². The first-order valence-corrected chi connectivity index (χ1v) is 9.44. The predicted molar refractivity (Wildman–Crippen MR) is 91.9 cm³/mol. The fourth-order valence-corrected chi connectivity index (χ4v) is 4.56. The SMILES string of the molecule is COc1ccc(Cl)cc1S(=O)(=O)N1CCOC(c2ccc(F)cc2)C1. The van der Waals surface area contributed by atoms with Crippen LogP contribution in [0.25, 0.3) is 0 Å². The second kappa shape index (κ2) is 7.29. The van der Waals surface area contributed by atoms with Crippen LogP contribution in [-0.2, 0) is 14.8 Å². The lowest BCUT2D eigenvalue weighted by atomic mass is 10.1. The van der Waals surface area contributed by atoms with Crippen LogP contribution in [0.15, 0.2) is 47.4 Å². The van der Waals surface area contributed by atoms with E-state index in [1.165, 1.54) is 35.7 Å². The minimum Gasteiger partial charge on any atom is -0.495 e.